The maximum atomic E-state index is 10.9. The Morgan fingerprint density at radius 1 is 1.50 bits per heavy atom. The first kappa shape index (κ1) is 14.8. The summed E-state index contributed by atoms with van der Waals surface area (Å²) in [5, 5.41) is 13.8. The normalized spacial score (nSPS) is 10.7. The minimum absolute atomic E-state index is 0.133. The number of anilines is 1. The van der Waals surface area contributed by atoms with Gasteiger partial charge in [-0.25, -0.2) is 0 Å². The molecule has 0 aliphatic rings. The largest absolute Gasteiger partial charge is 0.383 e. The molecule has 1 rings (SSSR count). The quantitative estimate of drug-likeness (QED) is 0.608. The number of thioether (sulfide) groups is 1. The minimum atomic E-state index is -0.350. The minimum Gasteiger partial charge on any atom is -0.383 e. The van der Waals surface area contributed by atoms with Crippen LogP contribution in [0.2, 0.25) is 0 Å². The molecule has 0 fully saturated rings. The monoisotopic (exact) mass is 269 g/mol. The van der Waals surface area contributed by atoms with Crippen LogP contribution in [0.3, 0.4) is 0 Å². The average molecular weight is 269 g/mol. The fraction of sp³-hybridized carbons (Fsp3) is 0.500. The number of hydrogen-bond acceptors (Lipinski definition) is 5. The van der Waals surface area contributed by atoms with Crippen molar-refractivity contribution in [3.8, 4) is 0 Å². The fourth-order valence-corrected chi connectivity index (χ4v) is 2.17. The van der Waals surface area contributed by atoms with Crippen molar-refractivity contribution in [1.82, 2.24) is 4.90 Å². The highest BCUT2D eigenvalue weighted by molar-refractivity contribution is 7.98. The Hall–Kier alpha value is -1.27. The van der Waals surface area contributed by atoms with Crippen molar-refractivity contribution in [2.75, 3.05) is 38.0 Å². The standard InChI is InChI=1S/C12H19N3O2S/c1-13-11-5-4-10(8-12(11)15(16)17)9-14(2)6-7-18-3/h4-5,8,13H,6-7,9H2,1-3H3. The summed E-state index contributed by atoms with van der Waals surface area (Å²) in [5.74, 6) is 1.06. The number of nitro benzene ring substituents is 1. The van der Waals surface area contributed by atoms with E-state index in [1.165, 1.54) is 0 Å². The molecule has 100 valence electrons. The van der Waals surface area contributed by atoms with Gasteiger partial charge in [0, 0.05) is 32.0 Å². The molecule has 0 unspecified atom stereocenters. The van der Waals surface area contributed by atoms with Crippen molar-refractivity contribution in [3.05, 3.63) is 33.9 Å². The van der Waals surface area contributed by atoms with E-state index in [1.54, 1.807) is 30.9 Å². The van der Waals surface area contributed by atoms with Crippen molar-refractivity contribution in [2.24, 2.45) is 0 Å². The first-order valence-electron chi connectivity index (χ1n) is 5.71. The molecule has 0 heterocycles. The Morgan fingerprint density at radius 3 is 2.78 bits per heavy atom. The number of hydrogen-bond donors (Lipinski definition) is 1. The molecule has 6 heteroatoms. The van der Waals surface area contributed by atoms with Gasteiger partial charge in [-0.15, -0.1) is 0 Å². The molecule has 0 aromatic heterocycles. The van der Waals surface area contributed by atoms with Gasteiger partial charge in [0.15, 0.2) is 0 Å². The molecular formula is C12H19N3O2S. The molecule has 0 amide bonds. The summed E-state index contributed by atoms with van der Waals surface area (Å²) in [6.07, 6.45) is 2.07. The van der Waals surface area contributed by atoms with Gasteiger partial charge < -0.3 is 10.2 Å². The molecule has 0 bridgehead atoms. The highest BCUT2D eigenvalue weighted by Crippen LogP contribution is 2.25. The maximum absolute atomic E-state index is 10.9. The first-order valence-corrected chi connectivity index (χ1v) is 7.10. The average Bonchev–Trinajstić information content (AvgIpc) is 2.36. The van der Waals surface area contributed by atoms with E-state index in [9.17, 15) is 10.1 Å². The molecule has 0 atom stereocenters. The van der Waals surface area contributed by atoms with Crippen LogP contribution in [0.15, 0.2) is 18.2 Å². The zero-order valence-corrected chi connectivity index (χ0v) is 11.8. The van der Waals surface area contributed by atoms with Crippen molar-refractivity contribution >= 4 is 23.1 Å². The summed E-state index contributed by atoms with van der Waals surface area (Å²) in [6.45, 7) is 1.70. The van der Waals surface area contributed by atoms with Crippen molar-refractivity contribution in [3.63, 3.8) is 0 Å². The zero-order chi connectivity index (χ0) is 13.5. The van der Waals surface area contributed by atoms with E-state index in [1.807, 2.05) is 13.1 Å². The molecule has 1 N–H and O–H groups in total. The second kappa shape index (κ2) is 7.23. The highest BCUT2D eigenvalue weighted by Gasteiger charge is 2.13. The Kier molecular flexibility index (Phi) is 5.94. The number of benzene rings is 1. The van der Waals surface area contributed by atoms with Gasteiger partial charge in [0.25, 0.3) is 5.69 Å². The van der Waals surface area contributed by atoms with Gasteiger partial charge in [-0.2, -0.15) is 11.8 Å². The van der Waals surface area contributed by atoms with E-state index in [-0.39, 0.29) is 10.6 Å². The lowest BCUT2D eigenvalue weighted by molar-refractivity contribution is -0.384. The molecule has 0 saturated carbocycles. The predicted molar refractivity (Wildman–Crippen MR) is 77.4 cm³/mol. The van der Waals surface area contributed by atoms with Crippen molar-refractivity contribution in [1.29, 1.82) is 0 Å². The smallest absolute Gasteiger partial charge is 0.292 e. The molecule has 1 aromatic carbocycles. The maximum Gasteiger partial charge on any atom is 0.292 e. The van der Waals surface area contributed by atoms with Gasteiger partial charge in [0.1, 0.15) is 5.69 Å². The summed E-state index contributed by atoms with van der Waals surface area (Å²) >= 11 is 1.79. The van der Waals surface area contributed by atoms with Gasteiger partial charge in [0.2, 0.25) is 0 Å². The molecule has 1 aromatic rings. The van der Waals surface area contributed by atoms with Crippen molar-refractivity contribution in [2.45, 2.75) is 6.54 Å². The summed E-state index contributed by atoms with van der Waals surface area (Å²) in [7, 11) is 3.71. The van der Waals surface area contributed by atoms with Crippen molar-refractivity contribution < 1.29 is 4.92 Å². The lowest BCUT2D eigenvalue weighted by Crippen LogP contribution is -2.20. The molecule has 0 aliphatic carbocycles. The molecule has 5 nitrogen and oxygen atoms in total. The second-order valence-electron chi connectivity index (χ2n) is 4.09. The van der Waals surface area contributed by atoms with Crippen LogP contribution >= 0.6 is 11.8 Å². The van der Waals surface area contributed by atoms with E-state index in [4.69, 9.17) is 0 Å². The van der Waals surface area contributed by atoms with Crippen LogP contribution in [0, 0.1) is 10.1 Å². The van der Waals surface area contributed by atoms with E-state index in [0.717, 1.165) is 24.4 Å². The van der Waals surface area contributed by atoms with Crippen LogP contribution in [-0.2, 0) is 6.54 Å². The Morgan fingerprint density at radius 2 is 2.22 bits per heavy atom. The third kappa shape index (κ3) is 4.19. The summed E-state index contributed by atoms with van der Waals surface area (Å²) < 4.78 is 0. The third-order valence-electron chi connectivity index (χ3n) is 2.66. The number of nitrogens with one attached hydrogen (secondary N) is 1. The fourth-order valence-electron chi connectivity index (χ4n) is 1.68. The molecule has 0 spiro atoms. The van der Waals surface area contributed by atoms with Gasteiger partial charge in [-0.3, -0.25) is 10.1 Å². The Labute approximate surface area is 112 Å². The topological polar surface area (TPSA) is 58.4 Å². The van der Waals surface area contributed by atoms with E-state index in [2.05, 4.69) is 16.5 Å². The number of rotatable bonds is 7. The summed E-state index contributed by atoms with van der Waals surface area (Å²) in [5.41, 5.74) is 1.65. The van der Waals surface area contributed by atoms with E-state index >= 15 is 0 Å². The highest BCUT2D eigenvalue weighted by atomic mass is 32.2. The van der Waals surface area contributed by atoms with Crippen LogP contribution in [0.4, 0.5) is 11.4 Å². The van der Waals surface area contributed by atoms with Gasteiger partial charge in [-0.1, -0.05) is 6.07 Å². The van der Waals surface area contributed by atoms with Crippen LogP contribution in [0.5, 0.6) is 0 Å². The van der Waals surface area contributed by atoms with Crippen LogP contribution in [-0.4, -0.2) is 42.5 Å². The Bertz CT molecular complexity index is 412. The number of nitro groups is 1. The van der Waals surface area contributed by atoms with Crippen LogP contribution < -0.4 is 5.32 Å². The van der Waals surface area contributed by atoms with Crippen LogP contribution in [0.1, 0.15) is 5.56 Å². The molecule has 0 aliphatic heterocycles. The molecule has 18 heavy (non-hydrogen) atoms. The predicted octanol–water partition coefficient (Wildman–Crippen LogP) is 2.43. The second-order valence-corrected chi connectivity index (χ2v) is 5.07. The van der Waals surface area contributed by atoms with Crippen LogP contribution in [0.25, 0.3) is 0 Å². The number of nitrogens with zero attached hydrogens (tertiary/aromatic N) is 2. The summed E-state index contributed by atoms with van der Waals surface area (Å²) in [4.78, 5) is 12.8. The summed E-state index contributed by atoms with van der Waals surface area (Å²) in [6, 6.07) is 5.33. The van der Waals surface area contributed by atoms with Gasteiger partial charge in [0.05, 0.1) is 4.92 Å². The first-order chi connectivity index (χ1) is 8.58. The van der Waals surface area contributed by atoms with E-state index in [0.29, 0.717) is 5.69 Å². The van der Waals surface area contributed by atoms with Gasteiger partial charge >= 0.3 is 0 Å². The van der Waals surface area contributed by atoms with E-state index < -0.39 is 0 Å². The lowest BCUT2D eigenvalue weighted by Gasteiger charge is -2.16. The lowest BCUT2D eigenvalue weighted by atomic mass is 10.1. The molecule has 0 radical (unpaired) electrons. The van der Waals surface area contributed by atoms with Gasteiger partial charge in [-0.05, 0) is 24.9 Å². The third-order valence-corrected chi connectivity index (χ3v) is 3.25. The Balaban J connectivity index is 2.78. The SMILES string of the molecule is CNc1ccc(CN(C)CCSC)cc1[N+](=O)[O-]. The zero-order valence-electron chi connectivity index (χ0n) is 11.0. The molecular weight excluding hydrogens is 250 g/mol. The molecule has 0 saturated heterocycles.